The molecule has 0 aromatic heterocycles. The molecule has 1 amide bonds. The van der Waals surface area contributed by atoms with Crippen LogP contribution in [0.1, 0.15) is 16.7 Å². The Balaban J connectivity index is 1.50. The van der Waals surface area contributed by atoms with Crippen LogP contribution < -0.4 is 9.64 Å². The summed E-state index contributed by atoms with van der Waals surface area (Å²) < 4.78 is 5.15. The van der Waals surface area contributed by atoms with Crippen molar-refractivity contribution < 1.29 is 14.4 Å². The van der Waals surface area contributed by atoms with Crippen LogP contribution in [0.2, 0.25) is 0 Å². The third-order valence-electron chi connectivity index (χ3n) is 5.02. The summed E-state index contributed by atoms with van der Waals surface area (Å²) in [5.41, 5.74) is 3.76. The summed E-state index contributed by atoms with van der Waals surface area (Å²) >= 11 is 0. The summed E-state index contributed by atoms with van der Waals surface area (Å²) in [5, 5.41) is 0. The fourth-order valence-corrected chi connectivity index (χ4v) is 3.29. The van der Waals surface area contributed by atoms with Gasteiger partial charge in [0.25, 0.3) is 0 Å². The van der Waals surface area contributed by atoms with Crippen LogP contribution in [0.5, 0.6) is 5.75 Å². The van der Waals surface area contributed by atoms with Crippen molar-refractivity contribution in [1.82, 2.24) is 4.90 Å². The third kappa shape index (κ3) is 4.73. The van der Waals surface area contributed by atoms with E-state index in [1.54, 1.807) is 18.1 Å². The lowest BCUT2D eigenvalue weighted by molar-refractivity contribution is -0.917. The lowest BCUT2D eigenvalue weighted by Gasteiger charge is -2.32. The number of carbonyl (C=O) groups is 1. The van der Waals surface area contributed by atoms with Crippen molar-refractivity contribution in [1.29, 1.82) is 0 Å². The van der Waals surface area contributed by atoms with E-state index < -0.39 is 0 Å². The molecule has 0 spiro atoms. The number of nitrogens with one attached hydrogen (secondary N) is 1. The first-order valence-electron chi connectivity index (χ1n) is 9.15. The maximum atomic E-state index is 12.4. The Labute approximate surface area is 155 Å². The SMILES string of the molecule is COc1ccc(/C=C/C(=O)N2CC[NH+](Cc3ccccc3C)CC2)cc1. The molecule has 0 unspecified atom stereocenters. The number of methoxy groups -OCH3 is 1. The molecular formula is C22H27N2O2+. The number of ether oxygens (including phenoxy) is 1. The van der Waals surface area contributed by atoms with Crippen molar-refractivity contribution in [3.8, 4) is 5.75 Å². The fraction of sp³-hybridized carbons (Fsp3) is 0.318. The number of hydrogen-bond donors (Lipinski definition) is 1. The van der Waals surface area contributed by atoms with Gasteiger partial charge in [0.2, 0.25) is 5.91 Å². The van der Waals surface area contributed by atoms with Crippen LogP contribution in [0.3, 0.4) is 0 Å². The van der Waals surface area contributed by atoms with Gasteiger partial charge in [0.1, 0.15) is 12.3 Å². The molecule has 2 aromatic rings. The minimum absolute atomic E-state index is 0.0933. The molecule has 0 aliphatic carbocycles. The van der Waals surface area contributed by atoms with Gasteiger partial charge in [0.15, 0.2) is 0 Å². The van der Waals surface area contributed by atoms with Gasteiger partial charge in [-0.1, -0.05) is 36.4 Å². The summed E-state index contributed by atoms with van der Waals surface area (Å²) in [4.78, 5) is 15.9. The Morgan fingerprint density at radius 3 is 2.46 bits per heavy atom. The summed E-state index contributed by atoms with van der Waals surface area (Å²) in [7, 11) is 1.65. The number of piperazine rings is 1. The summed E-state index contributed by atoms with van der Waals surface area (Å²) in [5.74, 6) is 0.914. The second-order valence-corrected chi connectivity index (χ2v) is 6.79. The lowest BCUT2D eigenvalue weighted by Crippen LogP contribution is -3.13. The first-order valence-corrected chi connectivity index (χ1v) is 9.15. The number of quaternary nitrogens is 1. The Morgan fingerprint density at radius 2 is 1.81 bits per heavy atom. The molecule has 2 aromatic carbocycles. The Kier molecular flexibility index (Phi) is 6.08. The van der Waals surface area contributed by atoms with Gasteiger partial charge in [-0.05, 0) is 36.3 Å². The van der Waals surface area contributed by atoms with Crippen molar-refractivity contribution in [2.75, 3.05) is 33.3 Å². The molecule has 0 saturated carbocycles. The van der Waals surface area contributed by atoms with Crippen molar-refractivity contribution >= 4 is 12.0 Å². The van der Waals surface area contributed by atoms with Crippen LogP contribution in [0.15, 0.2) is 54.6 Å². The third-order valence-corrected chi connectivity index (χ3v) is 5.02. The Hall–Kier alpha value is -2.59. The van der Waals surface area contributed by atoms with E-state index >= 15 is 0 Å². The minimum atomic E-state index is 0.0933. The molecule has 0 atom stereocenters. The lowest BCUT2D eigenvalue weighted by atomic mass is 10.1. The molecular weight excluding hydrogens is 324 g/mol. The maximum absolute atomic E-state index is 12.4. The molecule has 1 saturated heterocycles. The van der Waals surface area contributed by atoms with Gasteiger partial charge in [-0.3, -0.25) is 4.79 Å². The van der Waals surface area contributed by atoms with Gasteiger partial charge in [-0.15, -0.1) is 0 Å². The summed E-state index contributed by atoms with van der Waals surface area (Å²) in [6.45, 7) is 6.82. The Bertz CT molecular complexity index is 760. The van der Waals surface area contributed by atoms with Crippen LogP contribution in [-0.4, -0.2) is 44.1 Å². The zero-order valence-corrected chi connectivity index (χ0v) is 15.6. The van der Waals surface area contributed by atoms with Gasteiger partial charge < -0.3 is 14.5 Å². The van der Waals surface area contributed by atoms with E-state index in [-0.39, 0.29) is 5.91 Å². The van der Waals surface area contributed by atoms with Gasteiger partial charge in [0.05, 0.1) is 33.3 Å². The molecule has 4 nitrogen and oxygen atoms in total. The van der Waals surface area contributed by atoms with Crippen molar-refractivity contribution in [2.45, 2.75) is 13.5 Å². The van der Waals surface area contributed by atoms with Crippen LogP contribution in [0, 0.1) is 6.92 Å². The monoisotopic (exact) mass is 351 g/mol. The number of amides is 1. The highest BCUT2D eigenvalue weighted by Gasteiger charge is 2.22. The highest BCUT2D eigenvalue weighted by atomic mass is 16.5. The highest BCUT2D eigenvalue weighted by Crippen LogP contribution is 2.12. The molecule has 136 valence electrons. The summed E-state index contributed by atoms with van der Waals surface area (Å²) in [6.07, 6.45) is 3.54. The quantitative estimate of drug-likeness (QED) is 0.836. The van der Waals surface area contributed by atoms with E-state index in [1.807, 2.05) is 35.2 Å². The predicted octanol–water partition coefficient (Wildman–Crippen LogP) is 1.94. The molecule has 0 radical (unpaired) electrons. The van der Waals surface area contributed by atoms with Crippen LogP contribution in [0.25, 0.3) is 6.08 Å². The fourth-order valence-electron chi connectivity index (χ4n) is 3.29. The van der Waals surface area contributed by atoms with Crippen molar-refractivity contribution in [3.63, 3.8) is 0 Å². The van der Waals surface area contributed by atoms with Gasteiger partial charge >= 0.3 is 0 Å². The molecule has 1 aliphatic rings. The largest absolute Gasteiger partial charge is 0.497 e. The number of hydrogen-bond acceptors (Lipinski definition) is 2. The zero-order chi connectivity index (χ0) is 18.4. The van der Waals surface area contributed by atoms with Crippen LogP contribution in [-0.2, 0) is 11.3 Å². The van der Waals surface area contributed by atoms with E-state index in [9.17, 15) is 4.79 Å². The molecule has 1 N–H and O–H groups in total. The van der Waals surface area contributed by atoms with Crippen LogP contribution in [0.4, 0.5) is 0 Å². The van der Waals surface area contributed by atoms with Gasteiger partial charge in [-0.2, -0.15) is 0 Å². The van der Waals surface area contributed by atoms with Gasteiger partial charge in [-0.25, -0.2) is 0 Å². The molecule has 4 heteroatoms. The molecule has 26 heavy (non-hydrogen) atoms. The standard InChI is InChI=1S/C22H26N2O2/c1-18-5-3-4-6-20(18)17-23-13-15-24(16-14-23)22(25)12-9-19-7-10-21(26-2)11-8-19/h3-12H,13-17H2,1-2H3/p+1/b12-9+. The molecule has 0 bridgehead atoms. The first kappa shape index (κ1) is 18.2. The van der Waals surface area contributed by atoms with E-state index in [0.717, 1.165) is 44.0 Å². The number of nitrogens with zero attached hydrogens (tertiary/aromatic N) is 1. The maximum Gasteiger partial charge on any atom is 0.246 e. The average Bonchev–Trinajstić information content (AvgIpc) is 2.69. The topological polar surface area (TPSA) is 34.0 Å². The average molecular weight is 351 g/mol. The normalized spacial score (nSPS) is 15.4. The van der Waals surface area contributed by atoms with Crippen molar-refractivity contribution in [3.05, 3.63) is 71.3 Å². The zero-order valence-electron chi connectivity index (χ0n) is 15.6. The second kappa shape index (κ2) is 8.68. The molecule has 1 aliphatic heterocycles. The smallest absolute Gasteiger partial charge is 0.246 e. The molecule has 1 fully saturated rings. The Morgan fingerprint density at radius 1 is 1.12 bits per heavy atom. The molecule has 1 heterocycles. The molecule has 3 rings (SSSR count). The first-order chi connectivity index (χ1) is 12.7. The minimum Gasteiger partial charge on any atom is -0.497 e. The second-order valence-electron chi connectivity index (χ2n) is 6.79. The van der Waals surface area contributed by atoms with Crippen LogP contribution >= 0.6 is 0 Å². The van der Waals surface area contributed by atoms with E-state index in [2.05, 4.69) is 31.2 Å². The number of rotatable bonds is 5. The number of benzene rings is 2. The van der Waals surface area contributed by atoms with E-state index in [4.69, 9.17) is 4.74 Å². The number of carbonyl (C=O) groups excluding carboxylic acids is 1. The van der Waals surface area contributed by atoms with E-state index in [1.165, 1.54) is 11.1 Å². The summed E-state index contributed by atoms with van der Waals surface area (Å²) in [6, 6.07) is 16.3. The van der Waals surface area contributed by atoms with Crippen molar-refractivity contribution in [2.24, 2.45) is 0 Å². The number of aryl methyl sites for hydroxylation is 1. The predicted molar refractivity (Wildman–Crippen MR) is 104 cm³/mol. The highest BCUT2D eigenvalue weighted by molar-refractivity contribution is 5.91. The van der Waals surface area contributed by atoms with Gasteiger partial charge in [0, 0.05) is 11.6 Å². The van der Waals surface area contributed by atoms with E-state index in [0.29, 0.717) is 0 Å².